The molecule has 1 aromatic carbocycles. The molecule has 0 aliphatic heterocycles. The number of benzene rings is 1. The van der Waals surface area contributed by atoms with Crippen LogP contribution in [-0.4, -0.2) is 25.6 Å². The van der Waals surface area contributed by atoms with Crippen LogP contribution in [0.15, 0.2) is 53.6 Å². The number of thiophene rings is 1. The van der Waals surface area contributed by atoms with E-state index in [1.807, 2.05) is 35.3 Å². The highest BCUT2D eigenvalue weighted by atomic mass is 32.1. The first-order valence-electron chi connectivity index (χ1n) is 8.87. The van der Waals surface area contributed by atoms with Crippen LogP contribution >= 0.6 is 11.3 Å². The highest BCUT2D eigenvalue weighted by Crippen LogP contribution is 2.31. The van der Waals surface area contributed by atoms with Gasteiger partial charge >= 0.3 is 6.01 Å². The Morgan fingerprint density at radius 1 is 1.08 bits per heavy atom. The lowest BCUT2D eigenvalue weighted by atomic mass is 10.1. The minimum Gasteiger partial charge on any atom is -0.460 e. The van der Waals surface area contributed by atoms with E-state index in [2.05, 4.69) is 32.9 Å². The minimum atomic E-state index is 0.231. The topological polar surface area (TPSA) is 52.8 Å². The van der Waals surface area contributed by atoms with Crippen LogP contribution < -0.4 is 4.74 Å². The van der Waals surface area contributed by atoms with Crippen molar-refractivity contribution in [3.05, 3.63) is 53.6 Å². The van der Waals surface area contributed by atoms with Crippen molar-refractivity contribution >= 4 is 22.4 Å². The number of ether oxygens (including phenoxy) is 1. The van der Waals surface area contributed by atoms with E-state index in [4.69, 9.17) is 9.72 Å². The summed E-state index contributed by atoms with van der Waals surface area (Å²) in [7, 11) is 0. The molecule has 5 nitrogen and oxygen atoms in total. The maximum Gasteiger partial charge on any atom is 0.318 e. The van der Waals surface area contributed by atoms with Crippen LogP contribution in [0.4, 0.5) is 0 Å². The summed E-state index contributed by atoms with van der Waals surface area (Å²) in [4.78, 5) is 13.8. The number of nitrogens with zero attached hydrogens (tertiary/aromatic N) is 4. The molecule has 0 unspecified atom stereocenters. The Morgan fingerprint density at radius 2 is 1.96 bits per heavy atom. The Hall–Kier alpha value is -2.73. The Labute approximate surface area is 155 Å². The number of rotatable bonds is 4. The molecule has 0 radical (unpaired) electrons. The summed E-state index contributed by atoms with van der Waals surface area (Å²) in [5.41, 5.74) is 4.05. The van der Waals surface area contributed by atoms with Gasteiger partial charge in [-0.15, -0.1) is 0 Å². The molecule has 0 N–H and O–H groups in total. The van der Waals surface area contributed by atoms with Crippen LogP contribution in [0, 0.1) is 0 Å². The molecule has 0 saturated heterocycles. The number of fused-ring (bicyclic) bond motifs is 1. The molecule has 0 amide bonds. The van der Waals surface area contributed by atoms with Gasteiger partial charge < -0.3 is 4.74 Å². The monoisotopic (exact) mass is 362 g/mol. The first-order chi connectivity index (χ1) is 12.9. The Kier molecular flexibility index (Phi) is 3.90. The first-order valence-corrected chi connectivity index (χ1v) is 9.81. The zero-order valence-corrected chi connectivity index (χ0v) is 15.0. The number of para-hydroxylation sites is 2. The highest BCUT2D eigenvalue weighted by Gasteiger charge is 2.20. The molecule has 1 saturated carbocycles. The van der Waals surface area contributed by atoms with Crippen molar-refractivity contribution < 1.29 is 4.74 Å². The lowest BCUT2D eigenvalue weighted by molar-refractivity contribution is 0.192. The lowest BCUT2D eigenvalue weighted by Crippen LogP contribution is -2.14. The fourth-order valence-corrected chi connectivity index (χ4v) is 4.16. The zero-order valence-electron chi connectivity index (χ0n) is 14.2. The van der Waals surface area contributed by atoms with Gasteiger partial charge in [0.1, 0.15) is 12.4 Å². The van der Waals surface area contributed by atoms with Crippen LogP contribution in [0.25, 0.3) is 28.0 Å². The summed E-state index contributed by atoms with van der Waals surface area (Å²) in [6.45, 7) is 0. The molecule has 3 aromatic heterocycles. The summed E-state index contributed by atoms with van der Waals surface area (Å²) in [5, 5.41) is 4.17. The van der Waals surface area contributed by atoms with E-state index in [0.29, 0.717) is 6.01 Å². The Balaban J connectivity index is 1.64. The fraction of sp³-hybridized carbons (Fsp3) is 0.250. The standard InChI is InChI=1S/C20H18N4OS/c1-2-6-15(5-1)25-20-21-11-16(14-9-10-26-12-14)19(23-20)24-13-22-17-7-3-4-8-18(17)24/h3-4,7-13,15H,1-2,5-6H2. The van der Waals surface area contributed by atoms with Crippen LogP contribution in [-0.2, 0) is 0 Å². The molecule has 5 rings (SSSR count). The summed E-state index contributed by atoms with van der Waals surface area (Å²) in [6.07, 6.45) is 8.52. The molecule has 26 heavy (non-hydrogen) atoms. The van der Waals surface area contributed by atoms with Gasteiger partial charge in [-0.3, -0.25) is 4.57 Å². The van der Waals surface area contributed by atoms with Crippen LogP contribution in [0.3, 0.4) is 0 Å². The molecular weight excluding hydrogens is 344 g/mol. The maximum absolute atomic E-state index is 6.05. The third-order valence-corrected chi connectivity index (χ3v) is 5.52. The summed E-state index contributed by atoms with van der Waals surface area (Å²) < 4.78 is 8.06. The second-order valence-electron chi connectivity index (χ2n) is 6.53. The van der Waals surface area contributed by atoms with Crippen LogP contribution in [0.5, 0.6) is 6.01 Å². The van der Waals surface area contributed by atoms with E-state index in [-0.39, 0.29) is 6.10 Å². The van der Waals surface area contributed by atoms with Crippen molar-refractivity contribution in [2.75, 3.05) is 0 Å². The maximum atomic E-state index is 6.05. The minimum absolute atomic E-state index is 0.231. The average Bonchev–Trinajstić information content (AvgIpc) is 3.43. The summed E-state index contributed by atoms with van der Waals surface area (Å²) in [6, 6.07) is 10.6. The fourth-order valence-electron chi connectivity index (χ4n) is 3.50. The second kappa shape index (κ2) is 6.53. The van der Waals surface area contributed by atoms with Gasteiger partial charge in [-0.05, 0) is 60.2 Å². The summed E-state index contributed by atoms with van der Waals surface area (Å²) >= 11 is 1.66. The van der Waals surface area contributed by atoms with Crippen LogP contribution in [0.1, 0.15) is 25.7 Å². The van der Waals surface area contributed by atoms with Crippen molar-refractivity contribution in [1.29, 1.82) is 0 Å². The lowest BCUT2D eigenvalue weighted by Gasteiger charge is -2.14. The van der Waals surface area contributed by atoms with Crippen molar-refractivity contribution in [1.82, 2.24) is 19.5 Å². The number of imidazole rings is 1. The average molecular weight is 362 g/mol. The van der Waals surface area contributed by atoms with Gasteiger partial charge in [-0.25, -0.2) is 9.97 Å². The molecule has 0 bridgehead atoms. The van der Waals surface area contributed by atoms with E-state index in [1.165, 1.54) is 12.8 Å². The predicted molar refractivity (Wildman–Crippen MR) is 103 cm³/mol. The SMILES string of the molecule is c1ccc2c(c1)ncn2-c1nc(OC2CCCC2)ncc1-c1ccsc1. The third kappa shape index (κ3) is 2.76. The van der Waals surface area contributed by atoms with Gasteiger partial charge in [0, 0.05) is 11.8 Å². The van der Waals surface area contributed by atoms with Gasteiger partial charge in [0.05, 0.1) is 11.0 Å². The van der Waals surface area contributed by atoms with Gasteiger partial charge in [0.15, 0.2) is 5.82 Å². The van der Waals surface area contributed by atoms with Crippen LogP contribution in [0.2, 0.25) is 0 Å². The quantitative estimate of drug-likeness (QED) is 0.520. The predicted octanol–water partition coefficient (Wildman–Crippen LogP) is 4.87. The Morgan fingerprint density at radius 3 is 2.81 bits per heavy atom. The largest absolute Gasteiger partial charge is 0.460 e. The molecule has 6 heteroatoms. The molecule has 130 valence electrons. The van der Waals surface area contributed by atoms with Crippen molar-refractivity contribution in [3.8, 4) is 23.0 Å². The van der Waals surface area contributed by atoms with Gasteiger partial charge in [0.25, 0.3) is 0 Å². The molecule has 0 spiro atoms. The molecule has 1 fully saturated rings. The second-order valence-corrected chi connectivity index (χ2v) is 7.31. The molecule has 1 aliphatic rings. The van der Waals surface area contributed by atoms with Gasteiger partial charge in [0.2, 0.25) is 0 Å². The normalized spacial score (nSPS) is 14.9. The molecule has 4 aromatic rings. The van der Waals surface area contributed by atoms with Crippen molar-refractivity contribution in [2.45, 2.75) is 31.8 Å². The number of hydrogen-bond donors (Lipinski definition) is 0. The Bertz CT molecular complexity index is 1040. The first kappa shape index (κ1) is 15.5. The smallest absolute Gasteiger partial charge is 0.318 e. The van der Waals surface area contributed by atoms with E-state index in [1.54, 1.807) is 11.3 Å². The number of hydrogen-bond acceptors (Lipinski definition) is 5. The van der Waals surface area contributed by atoms with Crippen molar-refractivity contribution in [3.63, 3.8) is 0 Å². The molecular formula is C20H18N4OS. The van der Waals surface area contributed by atoms with Gasteiger partial charge in [-0.1, -0.05) is 12.1 Å². The third-order valence-electron chi connectivity index (χ3n) is 4.83. The van der Waals surface area contributed by atoms with E-state index in [0.717, 1.165) is 40.8 Å². The van der Waals surface area contributed by atoms with Crippen molar-refractivity contribution in [2.24, 2.45) is 0 Å². The van der Waals surface area contributed by atoms with E-state index >= 15 is 0 Å². The molecule has 1 aliphatic carbocycles. The molecule has 0 atom stereocenters. The van der Waals surface area contributed by atoms with Gasteiger partial charge in [-0.2, -0.15) is 16.3 Å². The van der Waals surface area contributed by atoms with E-state index < -0.39 is 0 Å². The zero-order chi connectivity index (χ0) is 17.3. The van der Waals surface area contributed by atoms with E-state index in [9.17, 15) is 0 Å². The molecule has 3 heterocycles. The summed E-state index contributed by atoms with van der Waals surface area (Å²) in [5.74, 6) is 0.806. The number of aromatic nitrogens is 4. The highest BCUT2D eigenvalue weighted by molar-refractivity contribution is 7.08.